The zero-order chi connectivity index (χ0) is 8.81. The van der Waals surface area contributed by atoms with E-state index >= 15 is 0 Å². The van der Waals surface area contributed by atoms with Gasteiger partial charge < -0.3 is 5.11 Å². The number of aliphatic carboxylic acids is 1. The van der Waals surface area contributed by atoms with Crippen molar-refractivity contribution in [2.45, 2.75) is 17.2 Å². The lowest BCUT2D eigenvalue weighted by molar-refractivity contribution is -0.137. The lowest BCUT2D eigenvalue weighted by Crippen LogP contribution is -1.94. The Morgan fingerprint density at radius 1 is 1.75 bits per heavy atom. The van der Waals surface area contributed by atoms with Crippen LogP contribution in [0.15, 0.2) is 15.9 Å². The predicted octanol–water partition coefficient (Wildman–Crippen LogP) is 2.10. The molecular weight excluding hydrogens is 194 g/mol. The molecule has 0 aliphatic heterocycles. The molecule has 1 N–H and O–H groups in total. The molecule has 0 aliphatic rings. The van der Waals surface area contributed by atoms with Crippen molar-refractivity contribution in [2.24, 2.45) is 0 Å². The minimum absolute atomic E-state index is 0.248. The minimum atomic E-state index is -0.727. The van der Waals surface area contributed by atoms with Crippen LogP contribution in [0.2, 0.25) is 0 Å². The van der Waals surface area contributed by atoms with Crippen molar-refractivity contribution in [2.75, 3.05) is 5.75 Å². The number of aromatic nitrogens is 1. The zero-order valence-corrected chi connectivity index (χ0v) is 8.03. The number of carboxylic acids is 1. The Morgan fingerprint density at radius 3 is 3.17 bits per heavy atom. The molecule has 1 aromatic heterocycles. The third-order valence-corrected chi connectivity index (χ3v) is 3.22. The molecule has 3 nitrogen and oxygen atoms in total. The third-order valence-electron chi connectivity index (χ3n) is 1.17. The van der Waals surface area contributed by atoms with E-state index in [0.29, 0.717) is 6.42 Å². The van der Waals surface area contributed by atoms with Gasteiger partial charge >= 0.3 is 5.97 Å². The Labute approximate surface area is 78.8 Å². The van der Waals surface area contributed by atoms with E-state index in [1.807, 2.05) is 5.38 Å². The van der Waals surface area contributed by atoms with Gasteiger partial charge in [0.1, 0.15) is 4.34 Å². The number of carboxylic acid groups (broad SMARTS) is 1. The molecule has 1 rings (SSSR count). The Hall–Kier alpha value is -0.550. The first-order valence-corrected chi connectivity index (χ1v) is 5.39. The predicted molar refractivity (Wildman–Crippen MR) is 49.7 cm³/mol. The third kappa shape index (κ3) is 3.73. The highest BCUT2D eigenvalue weighted by Gasteiger charge is 1.98. The second-order valence-corrected chi connectivity index (χ2v) is 4.38. The molecule has 0 aromatic carbocycles. The van der Waals surface area contributed by atoms with Crippen LogP contribution in [0.1, 0.15) is 12.8 Å². The summed E-state index contributed by atoms with van der Waals surface area (Å²) < 4.78 is 1.01. The van der Waals surface area contributed by atoms with Crippen molar-refractivity contribution in [1.29, 1.82) is 0 Å². The Balaban J connectivity index is 2.07. The largest absolute Gasteiger partial charge is 0.481 e. The summed E-state index contributed by atoms with van der Waals surface area (Å²) in [4.78, 5) is 14.2. The standard InChI is InChI=1S/C7H9NO2S2/c9-6(10)2-1-4-11-7-8-3-5-12-7/h3,5H,1-2,4H2,(H,9,10). The van der Waals surface area contributed by atoms with Crippen molar-refractivity contribution in [3.05, 3.63) is 11.6 Å². The van der Waals surface area contributed by atoms with E-state index < -0.39 is 5.97 Å². The lowest BCUT2D eigenvalue weighted by atomic mass is 10.3. The quantitative estimate of drug-likeness (QED) is 0.588. The molecular formula is C7H9NO2S2. The second kappa shape index (κ2) is 5.16. The summed E-state index contributed by atoms with van der Waals surface area (Å²) in [6, 6.07) is 0. The SMILES string of the molecule is O=C(O)CCCSc1nccs1. The molecule has 0 spiro atoms. The van der Waals surface area contributed by atoms with Crippen LogP contribution < -0.4 is 0 Å². The maximum absolute atomic E-state index is 10.1. The average molecular weight is 203 g/mol. The minimum Gasteiger partial charge on any atom is -0.481 e. The fourth-order valence-electron chi connectivity index (χ4n) is 0.665. The van der Waals surface area contributed by atoms with Gasteiger partial charge in [-0.2, -0.15) is 0 Å². The molecule has 0 fully saturated rings. The number of thiazole rings is 1. The summed E-state index contributed by atoms with van der Waals surface area (Å²) in [7, 11) is 0. The van der Waals surface area contributed by atoms with E-state index in [0.717, 1.165) is 10.1 Å². The first-order valence-electron chi connectivity index (χ1n) is 3.53. The number of hydrogen-bond acceptors (Lipinski definition) is 4. The molecule has 66 valence electrons. The molecule has 0 amide bonds. The second-order valence-electron chi connectivity index (χ2n) is 2.14. The highest BCUT2D eigenvalue weighted by molar-refractivity contribution is 8.00. The first-order chi connectivity index (χ1) is 5.79. The summed E-state index contributed by atoms with van der Waals surface area (Å²) in [5.41, 5.74) is 0. The van der Waals surface area contributed by atoms with Crippen LogP contribution in [0, 0.1) is 0 Å². The van der Waals surface area contributed by atoms with Crippen LogP contribution >= 0.6 is 23.1 Å². The fourth-order valence-corrected chi connectivity index (χ4v) is 2.31. The van der Waals surface area contributed by atoms with Crippen LogP contribution in [0.25, 0.3) is 0 Å². The maximum Gasteiger partial charge on any atom is 0.303 e. The van der Waals surface area contributed by atoms with Crippen LogP contribution in [-0.2, 0) is 4.79 Å². The monoisotopic (exact) mass is 203 g/mol. The molecule has 0 atom stereocenters. The molecule has 0 saturated carbocycles. The van der Waals surface area contributed by atoms with Gasteiger partial charge in [0.15, 0.2) is 0 Å². The van der Waals surface area contributed by atoms with Gasteiger partial charge in [0, 0.05) is 23.8 Å². The number of carbonyl (C=O) groups is 1. The van der Waals surface area contributed by atoms with Gasteiger partial charge in [0.25, 0.3) is 0 Å². The molecule has 0 aliphatic carbocycles. The number of thioether (sulfide) groups is 1. The smallest absolute Gasteiger partial charge is 0.303 e. The summed E-state index contributed by atoms with van der Waals surface area (Å²) in [5, 5.41) is 10.3. The van der Waals surface area contributed by atoms with Crippen molar-refractivity contribution < 1.29 is 9.90 Å². The summed E-state index contributed by atoms with van der Waals surface area (Å²) in [6.45, 7) is 0. The van der Waals surface area contributed by atoms with Gasteiger partial charge in [-0.3, -0.25) is 4.79 Å². The van der Waals surface area contributed by atoms with Crippen LogP contribution in [0.4, 0.5) is 0 Å². The lowest BCUT2D eigenvalue weighted by Gasteiger charge is -1.93. The van der Waals surface area contributed by atoms with Gasteiger partial charge in [-0.15, -0.1) is 11.3 Å². The van der Waals surface area contributed by atoms with Crippen LogP contribution in [-0.4, -0.2) is 21.8 Å². The van der Waals surface area contributed by atoms with Gasteiger partial charge in [0.2, 0.25) is 0 Å². The molecule has 1 heterocycles. The Bertz CT molecular complexity index is 236. The highest BCUT2D eigenvalue weighted by Crippen LogP contribution is 2.20. The van der Waals surface area contributed by atoms with Crippen LogP contribution in [0.3, 0.4) is 0 Å². The molecule has 0 unspecified atom stereocenters. The van der Waals surface area contributed by atoms with Crippen molar-refractivity contribution in [1.82, 2.24) is 4.98 Å². The normalized spacial score (nSPS) is 10.0. The fraction of sp³-hybridized carbons (Fsp3) is 0.429. The molecule has 1 aromatic rings. The summed E-state index contributed by atoms with van der Waals surface area (Å²) in [6.07, 6.45) is 2.71. The van der Waals surface area contributed by atoms with E-state index in [-0.39, 0.29) is 6.42 Å². The molecule has 12 heavy (non-hydrogen) atoms. The molecule has 0 bridgehead atoms. The molecule has 0 saturated heterocycles. The van der Waals surface area contributed by atoms with Crippen molar-refractivity contribution >= 4 is 29.1 Å². The van der Waals surface area contributed by atoms with Crippen molar-refractivity contribution in [3.63, 3.8) is 0 Å². The zero-order valence-electron chi connectivity index (χ0n) is 6.40. The average Bonchev–Trinajstić information content (AvgIpc) is 2.49. The Kier molecular flexibility index (Phi) is 4.10. The van der Waals surface area contributed by atoms with Gasteiger partial charge in [-0.25, -0.2) is 4.98 Å². The highest BCUT2D eigenvalue weighted by atomic mass is 32.2. The topological polar surface area (TPSA) is 50.2 Å². The number of nitrogens with zero attached hydrogens (tertiary/aromatic N) is 1. The number of hydrogen-bond donors (Lipinski definition) is 1. The molecule has 5 heteroatoms. The summed E-state index contributed by atoms with van der Waals surface area (Å²) in [5.74, 6) is 0.106. The van der Waals surface area contributed by atoms with Gasteiger partial charge in [0.05, 0.1) is 0 Å². The van der Waals surface area contributed by atoms with Crippen molar-refractivity contribution in [3.8, 4) is 0 Å². The summed E-state index contributed by atoms with van der Waals surface area (Å²) >= 11 is 3.20. The van der Waals surface area contributed by atoms with E-state index in [1.54, 1.807) is 29.3 Å². The van der Waals surface area contributed by atoms with E-state index in [1.165, 1.54) is 0 Å². The van der Waals surface area contributed by atoms with E-state index in [9.17, 15) is 4.79 Å². The van der Waals surface area contributed by atoms with Crippen LogP contribution in [0.5, 0.6) is 0 Å². The van der Waals surface area contributed by atoms with Gasteiger partial charge in [-0.1, -0.05) is 11.8 Å². The first kappa shape index (κ1) is 9.54. The number of rotatable bonds is 5. The Morgan fingerprint density at radius 2 is 2.58 bits per heavy atom. The van der Waals surface area contributed by atoms with E-state index in [4.69, 9.17) is 5.11 Å². The van der Waals surface area contributed by atoms with Gasteiger partial charge in [-0.05, 0) is 6.42 Å². The maximum atomic E-state index is 10.1. The van der Waals surface area contributed by atoms with E-state index in [2.05, 4.69) is 4.98 Å². The molecule has 0 radical (unpaired) electrons.